The fourth-order valence-electron chi connectivity index (χ4n) is 9.50. The van der Waals surface area contributed by atoms with E-state index in [0.29, 0.717) is 0 Å². The smallest absolute Gasteiger partial charge is 0.118 e. The van der Waals surface area contributed by atoms with E-state index in [4.69, 9.17) is 19.9 Å². The summed E-state index contributed by atoms with van der Waals surface area (Å²) in [7, 11) is 0. The SMILES string of the molecule is CCCSC1=C(SCCC)SC(=c2sc3cc4nc5c6nc(c(-c7ccccc7)c7ccc([nH]7)c(-c7ccccc7)c7nc(c(-c8ccccc8)c8ccc([nH]8)c6-c6ccccc6)C=C7)c5nc4cc3s2)S1. The highest BCUT2D eigenvalue weighted by Crippen LogP contribution is 2.58. The molecular formula is C60H44N6S6. The molecule has 0 fully saturated rings. The Morgan fingerprint density at radius 1 is 0.417 bits per heavy atom. The summed E-state index contributed by atoms with van der Waals surface area (Å²) in [5.74, 6) is 2.27. The molecule has 2 aliphatic heterocycles. The van der Waals surface area contributed by atoms with Gasteiger partial charge < -0.3 is 9.97 Å². The van der Waals surface area contributed by atoms with Gasteiger partial charge in [-0.25, -0.2) is 19.9 Å². The van der Waals surface area contributed by atoms with Crippen LogP contribution in [-0.2, 0) is 0 Å². The number of fused-ring (bicyclic) bond motifs is 13. The molecule has 0 radical (unpaired) electrons. The fourth-order valence-corrected chi connectivity index (χ4v) is 18.0. The molecule has 0 aliphatic carbocycles. The topological polar surface area (TPSA) is 83.1 Å². The number of H-pyrrole nitrogens is 2. The zero-order valence-corrected chi connectivity index (χ0v) is 44.1. The highest BCUT2D eigenvalue weighted by Gasteiger charge is 2.25. The number of benzene rings is 5. The molecule has 0 unspecified atom stereocenters. The van der Waals surface area contributed by atoms with Crippen molar-refractivity contribution in [3.05, 3.63) is 181 Å². The molecule has 8 heterocycles. The van der Waals surface area contributed by atoms with Crippen LogP contribution in [0.25, 0.3) is 125 Å². The van der Waals surface area contributed by atoms with Gasteiger partial charge in [0.05, 0.1) is 35.1 Å². The molecule has 6 aromatic heterocycles. The predicted octanol–water partition coefficient (Wildman–Crippen LogP) is 18.0. The Labute approximate surface area is 441 Å². The summed E-state index contributed by atoms with van der Waals surface area (Å²) in [6.07, 6.45) is 6.62. The molecule has 2 N–H and O–H groups in total. The first-order chi connectivity index (χ1) is 35.6. The molecule has 0 amide bonds. The molecule has 12 heteroatoms. The van der Waals surface area contributed by atoms with E-state index in [1.807, 2.05) is 69.7 Å². The van der Waals surface area contributed by atoms with Crippen LogP contribution in [0.4, 0.5) is 0 Å². The fraction of sp³-hybridized carbons (Fsp3) is 0.100. The summed E-state index contributed by atoms with van der Waals surface area (Å²) in [5.41, 5.74) is 18.3. The summed E-state index contributed by atoms with van der Waals surface area (Å²) in [6.45, 7) is 4.53. The van der Waals surface area contributed by atoms with Crippen LogP contribution >= 0.6 is 69.7 Å². The van der Waals surface area contributed by atoms with Crippen LogP contribution in [0.2, 0.25) is 0 Å². The van der Waals surface area contributed by atoms with Crippen molar-refractivity contribution < 1.29 is 0 Å². The van der Waals surface area contributed by atoms with Crippen LogP contribution in [0.5, 0.6) is 0 Å². The largest absolute Gasteiger partial charge is 0.354 e. The van der Waals surface area contributed by atoms with E-state index in [9.17, 15) is 0 Å². The van der Waals surface area contributed by atoms with Gasteiger partial charge >= 0.3 is 0 Å². The zero-order chi connectivity index (χ0) is 48.1. The summed E-state index contributed by atoms with van der Waals surface area (Å²) in [6, 6.07) is 55.5. The van der Waals surface area contributed by atoms with Crippen LogP contribution in [0.3, 0.4) is 0 Å². The third-order valence-corrected chi connectivity index (χ3v) is 21.7. The van der Waals surface area contributed by atoms with E-state index in [1.54, 1.807) is 0 Å². The van der Waals surface area contributed by atoms with E-state index in [1.165, 1.54) is 26.0 Å². The van der Waals surface area contributed by atoms with Crippen molar-refractivity contribution in [1.82, 2.24) is 29.9 Å². The van der Waals surface area contributed by atoms with Gasteiger partial charge in [0.2, 0.25) is 0 Å². The lowest BCUT2D eigenvalue weighted by Crippen LogP contribution is -1.88. The van der Waals surface area contributed by atoms with Crippen molar-refractivity contribution in [3.63, 3.8) is 0 Å². The minimum absolute atomic E-state index is 0.748. The Bertz CT molecular complexity index is 3920. The third kappa shape index (κ3) is 8.37. The second-order valence-corrected chi connectivity index (χ2v) is 24.9. The summed E-state index contributed by atoms with van der Waals surface area (Å²) in [5, 5.41) is 0. The molecule has 350 valence electrons. The van der Waals surface area contributed by atoms with Crippen molar-refractivity contribution in [2.24, 2.45) is 0 Å². The maximum atomic E-state index is 5.79. The van der Waals surface area contributed by atoms with Crippen molar-refractivity contribution in [2.45, 2.75) is 26.7 Å². The number of nitrogens with one attached hydrogen (secondary N) is 2. The van der Waals surface area contributed by atoms with Crippen LogP contribution in [0.1, 0.15) is 38.1 Å². The van der Waals surface area contributed by atoms with Crippen molar-refractivity contribution in [3.8, 4) is 44.5 Å². The lowest BCUT2D eigenvalue weighted by atomic mass is 10.0. The molecule has 11 aromatic rings. The minimum atomic E-state index is 0.748. The Kier molecular flexibility index (Phi) is 12.4. The number of aromatic amines is 2. The number of nitrogens with zero attached hydrogens (tertiary/aromatic N) is 4. The van der Waals surface area contributed by atoms with Gasteiger partial charge in [0, 0.05) is 53.7 Å². The van der Waals surface area contributed by atoms with E-state index < -0.39 is 0 Å². The molecular weight excluding hydrogens is 997 g/mol. The van der Waals surface area contributed by atoms with E-state index in [0.717, 1.165) is 135 Å². The highest BCUT2D eigenvalue weighted by molar-refractivity contribution is 8.45. The quantitative estimate of drug-likeness (QED) is 0.140. The number of hydrogen-bond donors (Lipinski definition) is 2. The van der Waals surface area contributed by atoms with Gasteiger partial charge in [-0.2, -0.15) is 0 Å². The Hall–Kier alpha value is -6.38. The number of aromatic nitrogens is 6. The number of rotatable bonds is 10. The monoisotopic (exact) mass is 1040 g/mol. The van der Waals surface area contributed by atoms with Gasteiger partial charge in [-0.1, -0.05) is 159 Å². The van der Waals surface area contributed by atoms with E-state index in [2.05, 4.69) is 194 Å². The average molecular weight is 1040 g/mol. The molecule has 13 rings (SSSR count). The lowest BCUT2D eigenvalue weighted by molar-refractivity contribution is 1.11. The second-order valence-electron chi connectivity index (χ2n) is 17.5. The molecule has 6 nitrogen and oxygen atoms in total. The Morgan fingerprint density at radius 2 is 0.792 bits per heavy atom. The summed E-state index contributed by atoms with van der Waals surface area (Å²) in [4.78, 5) is 30.5. The molecule has 8 bridgehead atoms. The first kappa shape index (κ1) is 45.5. The molecule has 2 aliphatic rings. The minimum Gasteiger partial charge on any atom is -0.354 e. The lowest BCUT2D eigenvalue weighted by Gasteiger charge is -2.06. The maximum Gasteiger partial charge on any atom is 0.118 e. The van der Waals surface area contributed by atoms with Crippen LogP contribution < -0.4 is 3.85 Å². The first-order valence-electron chi connectivity index (χ1n) is 24.1. The number of hydrogen-bond acceptors (Lipinski definition) is 10. The maximum absolute atomic E-state index is 5.79. The predicted molar refractivity (Wildman–Crippen MR) is 319 cm³/mol. The molecule has 72 heavy (non-hydrogen) atoms. The van der Waals surface area contributed by atoms with Gasteiger partial charge in [0.15, 0.2) is 0 Å². The molecule has 5 aromatic carbocycles. The first-order valence-corrected chi connectivity index (χ1v) is 29.3. The third-order valence-electron chi connectivity index (χ3n) is 12.7. The summed E-state index contributed by atoms with van der Waals surface area (Å²) >= 11 is 11.7. The van der Waals surface area contributed by atoms with Gasteiger partial charge in [0.25, 0.3) is 0 Å². The normalized spacial score (nSPS) is 13.2. The zero-order valence-electron chi connectivity index (χ0n) is 39.2. The van der Waals surface area contributed by atoms with Crippen molar-refractivity contribution in [2.75, 3.05) is 11.5 Å². The average Bonchev–Trinajstić information content (AvgIpc) is 4.31. The van der Waals surface area contributed by atoms with Crippen LogP contribution in [-0.4, -0.2) is 41.4 Å². The van der Waals surface area contributed by atoms with E-state index in [-0.39, 0.29) is 0 Å². The van der Waals surface area contributed by atoms with Crippen LogP contribution in [0.15, 0.2) is 166 Å². The molecule has 0 atom stereocenters. The number of thioether (sulfide) groups is 4. The molecule has 0 saturated carbocycles. The van der Waals surface area contributed by atoms with Gasteiger partial charge in [-0.15, -0.1) is 46.2 Å². The van der Waals surface area contributed by atoms with Gasteiger partial charge in [-0.05, 0) is 95.2 Å². The summed E-state index contributed by atoms with van der Waals surface area (Å²) < 4.78 is 8.05. The van der Waals surface area contributed by atoms with E-state index >= 15 is 0 Å². The van der Waals surface area contributed by atoms with Gasteiger partial charge in [-0.3, -0.25) is 0 Å². The molecule has 0 saturated heterocycles. The van der Waals surface area contributed by atoms with Crippen molar-refractivity contribution >= 4 is 151 Å². The molecule has 0 spiro atoms. The Balaban J connectivity index is 1.16. The van der Waals surface area contributed by atoms with Crippen LogP contribution in [0, 0.1) is 0 Å². The standard InChI is InChI=1S/C60H44N6S6/c1-3-31-67-57-58(68-32-4-2)72-60(71-57)59-69-47-33-45-46(34-48(47)70-59)65-56-54-52(38-23-15-8-16-24-38)44-30-28-42(63-44)50(36-19-11-6-12-20-36)40-26-25-39(61-40)49(35-17-9-5-10-18-35)41-27-29-43(62-41)51(37-21-13-7-14-22-37)53(66-54)55(56)64-45/h5-30,33-34,62-63H,3-4,31-32H2,1-2H3. The van der Waals surface area contributed by atoms with Gasteiger partial charge in [0.1, 0.15) is 25.9 Å². The highest BCUT2D eigenvalue weighted by atomic mass is 32.3. The van der Waals surface area contributed by atoms with Crippen molar-refractivity contribution in [1.29, 1.82) is 0 Å². The second kappa shape index (κ2) is 19.6. The Morgan fingerprint density at radius 3 is 1.18 bits per heavy atom.